The molecule has 4 rings (SSSR count). The number of cyclic esters (lactones) is 1. The highest BCUT2D eigenvalue weighted by Gasteiger charge is 2.24. The summed E-state index contributed by atoms with van der Waals surface area (Å²) < 4.78 is 22.2. The third-order valence-electron chi connectivity index (χ3n) is 5.32. The minimum absolute atomic E-state index is 0.143. The van der Waals surface area contributed by atoms with Gasteiger partial charge in [0.2, 0.25) is 5.90 Å². The SMILES string of the molecule is CCCCOc1ccc(C2=N/C(=C\c3ccc(OC(=O)c4cccc(Cl)c4)c(OCC)c3)C(=O)O2)cc1. The first-order valence-electron chi connectivity index (χ1n) is 12.0. The minimum Gasteiger partial charge on any atom is -0.494 e. The van der Waals surface area contributed by atoms with Crippen molar-refractivity contribution in [3.63, 3.8) is 0 Å². The van der Waals surface area contributed by atoms with E-state index in [1.807, 2.05) is 19.1 Å². The predicted octanol–water partition coefficient (Wildman–Crippen LogP) is 6.48. The Morgan fingerprint density at radius 3 is 2.54 bits per heavy atom. The first kappa shape index (κ1) is 26.0. The van der Waals surface area contributed by atoms with Crippen LogP contribution in [0.1, 0.15) is 48.2 Å². The van der Waals surface area contributed by atoms with Gasteiger partial charge in [-0.3, -0.25) is 0 Å². The Kier molecular flexibility index (Phi) is 8.59. The van der Waals surface area contributed by atoms with Gasteiger partial charge in [0.05, 0.1) is 18.8 Å². The van der Waals surface area contributed by atoms with E-state index in [9.17, 15) is 9.59 Å². The molecule has 7 nitrogen and oxygen atoms in total. The Morgan fingerprint density at radius 1 is 1.00 bits per heavy atom. The molecule has 190 valence electrons. The van der Waals surface area contributed by atoms with Gasteiger partial charge in [0, 0.05) is 10.6 Å². The number of hydrogen-bond donors (Lipinski definition) is 0. The number of nitrogens with zero attached hydrogens (tertiary/aromatic N) is 1. The fourth-order valence-electron chi connectivity index (χ4n) is 3.46. The van der Waals surface area contributed by atoms with Gasteiger partial charge in [0.25, 0.3) is 0 Å². The van der Waals surface area contributed by atoms with E-state index < -0.39 is 11.9 Å². The van der Waals surface area contributed by atoms with Crippen molar-refractivity contribution >= 4 is 35.5 Å². The van der Waals surface area contributed by atoms with Gasteiger partial charge in [0.15, 0.2) is 17.2 Å². The van der Waals surface area contributed by atoms with Crippen LogP contribution in [0.25, 0.3) is 6.08 Å². The molecule has 3 aromatic carbocycles. The van der Waals surface area contributed by atoms with Crippen LogP contribution in [0.2, 0.25) is 5.02 Å². The average Bonchev–Trinajstić information content (AvgIpc) is 3.26. The van der Waals surface area contributed by atoms with E-state index in [0.717, 1.165) is 18.6 Å². The van der Waals surface area contributed by atoms with Crippen LogP contribution in [0.3, 0.4) is 0 Å². The molecule has 0 fully saturated rings. The van der Waals surface area contributed by atoms with Crippen molar-refractivity contribution in [2.75, 3.05) is 13.2 Å². The molecule has 0 aromatic heterocycles. The normalized spacial score (nSPS) is 13.8. The average molecular weight is 520 g/mol. The van der Waals surface area contributed by atoms with Gasteiger partial charge in [0.1, 0.15) is 5.75 Å². The molecule has 0 saturated heterocycles. The monoisotopic (exact) mass is 519 g/mol. The van der Waals surface area contributed by atoms with E-state index in [-0.39, 0.29) is 17.3 Å². The number of carbonyl (C=O) groups is 2. The lowest BCUT2D eigenvalue weighted by Crippen LogP contribution is -2.09. The van der Waals surface area contributed by atoms with Crippen molar-refractivity contribution in [1.29, 1.82) is 0 Å². The predicted molar refractivity (Wildman–Crippen MR) is 141 cm³/mol. The molecule has 0 unspecified atom stereocenters. The summed E-state index contributed by atoms with van der Waals surface area (Å²) in [6.07, 6.45) is 3.63. The van der Waals surface area contributed by atoms with Crippen LogP contribution >= 0.6 is 11.6 Å². The summed E-state index contributed by atoms with van der Waals surface area (Å²) in [5.41, 5.74) is 1.75. The summed E-state index contributed by atoms with van der Waals surface area (Å²) >= 11 is 5.97. The van der Waals surface area contributed by atoms with Crippen LogP contribution in [0.15, 0.2) is 77.4 Å². The molecule has 0 spiro atoms. The molecule has 3 aromatic rings. The van der Waals surface area contributed by atoms with Crippen LogP contribution in [-0.2, 0) is 9.53 Å². The Morgan fingerprint density at radius 2 is 1.81 bits per heavy atom. The van der Waals surface area contributed by atoms with Crippen LogP contribution in [0, 0.1) is 0 Å². The first-order chi connectivity index (χ1) is 18.0. The number of esters is 2. The molecule has 1 aliphatic heterocycles. The number of aliphatic imine (C=N–C) groups is 1. The molecule has 0 aliphatic carbocycles. The summed E-state index contributed by atoms with van der Waals surface area (Å²) in [4.78, 5) is 29.4. The van der Waals surface area contributed by atoms with Gasteiger partial charge in [-0.15, -0.1) is 0 Å². The smallest absolute Gasteiger partial charge is 0.363 e. The molecule has 8 heteroatoms. The zero-order valence-electron chi connectivity index (χ0n) is 20.5. The number of halogens is 1. The molecule has 1 heterocycles. The second-order valence-electron chi connectivity index (χ2n) is 8.10. The Hall–Kier alpha value is -4.10. The first-order valence-corrected chi connectivity index (χ1v) is 12.3. The number of ether oxygens (including phenoxy) is 4. The summed E-state index contributed by atoms with van der Waals surface area (Å²) in [5.74, 6) is 0.429. The molecule has 0 amide bonds. The lowest BCUT2D eigenvalue weighted by molar-refractivity contribution is -0.129. The van der Waals surface area contributed by atoms with Crippen molar-refractivity contribution in [2.24, 2.45) is 4.99 Å². The zero-order chi connectivity index (χ0) is 26.2. The largest absolute Gasteiger partial charge is 0.494 e. The fourth-order valence-corrected chi connectivity index (χ4v) is 3.65. The van der Waals surface area contributed by atoms with Crippen molar-refractivity contribution < 1.29 is 28.5 Å². The van der Waals surface area contributed by atoms with Crippen LogP contribution in [0.5, 0.6) is 17.2 Å². The van der Waals surface area contributed by atoms with Gasteiger partial charge in [-0.05, 0) is 79.6 Å². The van der Waals surface area contributed by atoms with E-state index in [0.29, 0.717) is 40.7 Å². The summed E-state index contributed by atoms with van der Waals surface area (Å²) in [5, 5.41) is 0.432. The van der Waals surface area contributed by atoms with Gasteiger partial charge >= 0.3 is 11.9 Å². The lowest BCUT2D eigenvalue weighted by atomic mass is 10.1. The quantitative estimate of drug-likeness (QED) is 0.132. The maximum atomic E-state index is 12.6. The molecular weight excluding hydrogens is 494 g/mol. The third kappa shape index (κ3) is 6.77. The van der Waals surface area contributed by atoms with E-state index in [1.54, 1.807) is 54.6 Å². The number of benzene rings is 3. The fraction of sp³-hybridized carbons (Fsp3) is 0.207. The van der Waals surface area contributed by atoms with E-state index >= 15 is 0 Å². The Labute approximate surface area is 220 Å². The number of hydrogen-bond acceptors (Lipinski definition) is 7. The van der Waals surface area contributed by atoms with E-state index in [2.05, 4.69) is 11.9 Å². The molecule has 1 aliphatic rings. The van der Waals surface area contributed by atoms with Crippen molar-refractivity contribution in [3.05, 3.63) is 94.1 Å². The molecule has 0 saturated carbocycles. The van der Waals surface area contributed by atoms with Crippen molar-refractivity contribution in [2.45, 2.75) is 26.7 Å². The topological polar surface area (TPSA) is 83.4 Å². The Bertz CT molecular complexity index is 1350. The van der Waals surface area contributed by atoms with Gasteiger partial charge in [-0.25, -0.2) is 14.6 Å². The minimum atomic E-state index is -0.565. The van der Waals surface area contributed by atoms with E-state index in [1.165, 1.54) is 6.07 Å². The van der Waals surface area contributed by atoms with Crippen LogP contribution in [0.4, 0.5) is 0 Å². The standard InChI is InChI=1S/C29H26ClNO6/c1-3-5-15-35-23-12-10-20(11-13-23)27-31-24(29(33)37-27)16-19-9-14-25(26(17-19)34-4-2)36-28(32)21-7-6-8-22(30)18-21/h6-14,16-18H,3-5,15H2,1-2H3/b24-16-. The molecule has 0 bridgehead atoms. The zero-order valence-corrected chi connectivity index (χ0v) is 21.3. The van der Waals surface area contributed by atoms with Gasteiger partial charge < -0.3 is 18.9 Å². The Balaban J connectivity index is 1.52. The third-order valence-corrected chi connectivity index (χ3v) is 5.56. The summed E-state index contributed by atoms with van der Waals surface area (Å²) in [6.45, 7) is 4.93. The van der Waals surface area contributed by atoms with Crippen molar-refractivity contribution in [3.8, 4) is 17.2 Å². The van der Waals surface area contributed by atoms with Gasteiger partial charge in [-0.1, -0.05) is 37.1 Å². The number of carbonyl (C=O) groups excluding carboxylic acids is 2. The molecule has 0 radical (unpaired) electrons. The molecule has 37 heavy (non-hydrogen) atoms. The highest BCUT2D eigenvalue weighted by Crippen LogP contribution is 2.31. The highest BCUT2D eigenvalue weighted by molar-refractivity contribution is 6.30. The van der Waals surface area contributed by atoms with E-state index in [4.69, 9.17) is 30.5 Å². The summed E-state index contributed by atoms with van der Waals surface area (Å²) in [6, 6.07) is 18.7. The molecular formula is C29H26ClNO6. The van der Waals surface area contributed by atoms with Crippen LogP contribution < -0.4 is 14.2 Å². The van der Waals surface area contributed by atoms with Gasteiger partial charge in [-0.2, -0.15) is 0 Å². The number of rotatable bonds is 10. The number of unbranched alkanes of at least 4 members (excludes halogenated alkanes) is 1. The molecule has 0 N–H and O–H groups in total. The second-order valence-corrected chi connectivity index (χ2v) is 8.54. The van der Waals surface area contributed by atoms with Crippen LogP contribution in [-0.4, -0.2) is 31.1 Å². The lowest BCUT2D eigenvalue weighted by Gasteiger charge is -2.11. The maximum absolute atomic E-state index is 12.6. The maximum Gasteiger partial charge on any atom is 0.363 e. The second kappa shape index (κ2) is 12.2. The highest BCUT2D eigenvalue weighted by atomic mass is 35.5. The molecule has 0 atom stereocenters. The van der Waals surface area contributed by atoms with Crippen molar-refractivity contribution in [1.82, 2.24) is 0 Å². The summed E-state index contributed by atoms with van der Waals surface area (Å²) in [7, 11) is 0.